The number of amides is 1. The minimum Gasteiger partial charge on any atom is -0.373 e. The van der Waals surface area contributed by atoms with Gasteiger partial charge in [-0.1, -0.05) is 38.1 Å². The van der Waals surface area contributed by atoms with Crippen molar-refractivity contribution in [2.75, 3.05) is 31.6 Å². The second-order valence-corrected chi connectivity index (χ2v) is 8.65. The first kappa shape index (κ1) is 21.9. The van der Waals surface area contributed by atoms with E-state index < -0.39 is 10.0 Å². The average molecular weight is 404 g/mol. The molecular formula is C21H29N3O3S. The highest BCUT2D eigenvalue weighted by Crippen LogP contribution is 2.17. The second-order valence-electron chi connectivity index (χ2n) is 6.71. The Hall–Kier alpha value is -2.38. The number of benzene rings is 2. The lowest BCUT2D eigenvalue weighted by Crippen LogP contribution is -2.40. The number of hydrogen-bond acceptors (Lipinski definition) is 4. The topological polar surface area (TPSA) is 69.7 Å². The van der Waals surface area contributed by atoms with E-state index in [-0.39, 0.29) is 16.8 Å². The number of likely N-dealkylation sites (N-methyl/N-ethyl adjacent to an activating group) is 1. The number of rotatable bonds is 9. The van der Waals surface area contributed by atoms with E-state index in [4.69, 9.17) is 0 Å². The highest BCUT2D eigenvalue weighted by molar-refractivity contribution is 7.89. The van der Waals surface area contributed by atoms with Gasteiger partial charge < -0.3 is 10.2 Å². The monoisotopic (exact) mass is 403 g/mol. The fraction of sp³-hybridized carbons (Fsp3) is 0.381. The summed E-state index contributed by atoms with van der Waals surface area (Å²) in [6.45, 7) is 6.92. The minimum atomic E-state index is -3.60. The SMILES string of the molecule is CCN(CC)S(=O)(=O)c1cccc(C(=O)N[C@@H](C)CN(C)c2ccccc2)c1. The molecule has 0 spiro atoms. The molecule has 0 aliphatic rings. The molecule has 0 heterocycles. The van der Waals surface area contributed by atoms with Crippen molar-refractivity contribution in [3.05, 3.63) is 60.2 Å². The van der Waals surface area contributed by atoms with Crippen LogP contribution in [0.3, 0.4) is 0 Å². The lowest BCUT2D eigenvalue weighted by Gasteiger charge is -2.24. The highest BCUT2D eigenvalue weighted by atomic mass is 32.2. The lowest BCUT2D eigenvalue weighted by atomic mass is 10.2. The van der Waals surface area contributed by atoms with Crippen LogP contribution in [0.25, 0.3) is 0 Å². The first-order valence-electron chi connectivity index (χ1n) is 9.46. The quantitative estimate of drug-likeness (QED) is 0.699. The Bertz CT molecular complexity index is 881. The van der Waals surface area contributed by atoms with E-state index in [0.29, 0.717) is 25.2 Å². The zero-order valence-corrected chi connectivity index (χ0v) is 17.7. The molecule has 28 heavy (non-hydrogen) atoms. The molecule has 1 N–H and O–H groups in total. The van der Waals surface area contributed by atoms with E-state index in [1.54, 1.807) is 26.0 Å². The number of carbonyl (C=O) groups is 1. The van der Waals surface area contributed by atoms with Crippen LogP contribution in [-0.2, 0) is 10.0 Å². The molecule has 0 fully saturated rings. The summed E-state index contributed by atoms with van der Waals surface area (Å²) >= 11 is 0. The molecule has 2 rings (SSSR count). The van der Waals surface area contributed by atoms with Crippen LogP contribution >= 0.6 is 0 Å². The molecule has 0 saturated carbocycles. The standard InChI is InChI=1S/C21H29N3O3S/c1-5-24(6-2)28(26,27)20-14-10-11-18(15-20)21(25)22-17(3)16-23(4)19-12-8-7-9-13-19/h7-15,17H,5-6,16H2,1-4H3,(H,22,25)/t17-/m0/s1. The van der Waals surface area contributed by atoms with Crippen LogP contribution in [0, 0.1) is 0 Å². The number of nitrogens with one attached hydrogen (secondary N) is 1. The third-order valence-electron chi connectivity index (χ3n) is 4.56. The van der Waals surface area contributed by atoms with Crippen molar-refractivity contribution in [2.45, 2.75) is 31.7 Å². The zero-order valence-electron chi connectivity index (χ0n) is 16.9. The second kappa shape index (κ2) is 9.71. The predicted octanol–water partition coefficient (Wildman–Crippen LogP) is 2.97. The molecule has 7 heteroatoms. The minimum absolute atomic E-state index is 0.110. The van der Waals surface area contributed by atoms with Crippen LogP contribution in [0.2, 0.25) is 0 Å². The molecule has 0 aliphatic carbocycles. The maximum atomic E-state index is 12.7. The van der Waals surface area contributed by atoms with Crippen molar-refractivity contribution in [1.29, 1.82) is 0 Å². The first-order valence-corrected chi connectivity index (χ1v) is 10.9. The number of nitrogens with zero attached hydrogens (tertiary/aromatic N) is 2. The maximum Gasteiger partial charge on any atom is 0.251 e. The molecule has 152 valence electrons. The smallest absolute Gasteiger partial charge is 0.251 e. The number of carbonyl (C=O) groups excluding carboxylic acids is 1. The molecule has 2 aromatic rings. The summed E-state index contributed by atoms with van der Waals surface area (Å²) < 4.78 is 26.7. The van der Waals surface area contributed by atoms with Crippen LogP contribution in [0.1, 0.15) is 31.1 Å². The van der Waals surface area contributed by atoms with Gasteiger partial charge in [0.05, 0.1) is 4.90 Å². The molecule has 0 radical (unpaired) electrons. The Kier molecular flexibility index (Phi) is 7.60. The summed E-state index contributed by atoms with van der Waals surface area (Å²) in [4.78, 5) is 14.8. The van der Waals surface area contributed by atoms with Crippen LogP contribution < -0.4 is 10.2 Å². The third kappa shape index (κ3) is 5.33. The molecule has 0 aromatic heterocycles. The molecule has 1 atom stereocenters. The average Bonchev–Trinajstić information content (AvgIpc) is 2.69. The zero-order chi connectivity index (χ0) is 20.7. The van der Waals surface area contributed by atoms with Gasteiger partial charge in [-0.25, -0.2) is 8.42 Å². The maximum absolute atomic E-state index is 12.7. The van der Waals surface area contributed by atoms with Gasteiger partial charge in [0.25, 0.3) is 5.91 Å². The molecule has 2 aromatic carbocycles. The van der Waals surface area contributed by atoms with Gasteiger partial charge in [-0.2, -0.15) is 4.31 Å². The summed E-state index contributed by atoms with van der Waals surface area (Å²) in [6, 6.07) is 16.0. The van der Waals surface area contributed by atoms with Crippen LogP contribution in [0.5, 0.6) is 0 Å². The fourth-order valence-electron chi connectivity index (χ4n) is 3.06. The predicted molar refractivity (Wildman–Crippen MR) is 113 cm³/mol. The van der Waals surface area contributed by atoms with E-state index in [2.05, 4.69) is 10.2 Å². The van der Waals surface area contributed by atoms with Gasteiger partial charge >= 0.3 is 0 Å². The van der Waals surface area contributed by atoms with Crippen molar-refractivity contribution < 1.29 is 13.2 Å². The van der Waals surface area contributed by atoms with Crippen LogP contribution in [0.15, 0.2) is 59.5 Å². The van der Waals surface area contributed by atoms with Gasteiger partial charge in [0, 0.05) is 44.0 Å². The summed E-state index contributed by atoms with van der Waals surface area (Å²) in [5, 5.41) is 2.94. The van der Waals surface area contributed by atoms with Gasteiger partial charge in [0.2, 0.25) is 10.0 Å². The van der Waals surface area contributed by atoms with Crippen molar-refractivity contribution in [1.82, 2.24) is 9.62 Å². The number of anilines is 1. The number of hydrogen-bond donors (Lipinski definition) is 1. The van der Waals surface area contributed by atoms with Gasteiger partial charge in [-0.3, -0.25) is 4.79 Å². The largest absolute Gasteiger partial charge is 0.373 e. The molecule has 0 aliphatic heterocycles. The molecular weight excluding hydrogens is 374 g/mol. The Morgan fingerprint density at radius 2 is 1.68 bits per heavy atom. The van der Waals surface area contributed by atoms with Crippen LogP contribution in [0.4, 0.5) is 5.69 Å². The molecule has 6 nitrogen and oxygen atoms in total. The van der Waals surface area contributed by atoms with E-state index in [1.165, 1.54) is 16.4 Å². The highest BCUT2D eigenvalue weighted by Gasteiger charge is 2.22. The van der Waals surface area contributed by atoms with Crippen molar-refractivity contribution in [3.63, 3.8) is 0 Å². The van der Waals surface area contributed by atoms with Crippen molar-refractivity contribution in [2.24, 2.45) is 0 Å². The normalized spacial score (nSPS) is 12.6. The Morgan fingerprint density at radius 3 is 2.29 bits per heavy atom. The Labute approximate surface area is 168 Å². The lowest BCUT2D eigenvalue weighted by molar-refractivity contribution is 0.0941. The van der Waals surface area contributed by atoms with E-state index in [9.17, 15) is 13.2 Å². The summed E-state index contributed by atoms with van der Waals surface area (Å²) in [6.07, 6.45) is 0. The van der Waals surface area contributed by atoms with Crippen molar-refractivity contribution >= 4 is 21.6 Å². The van der Waals surface area contributed by atoms with Gasteiger partial charge in [-0.15, -0.1) is 0 Å². The van der Waals surface area contributed by atoms with Gasteiger partial charge in [0.1, 0.15) is 0 Å². The van der Waals surface area contributed by atoms with E-state index >= 15 is 0 Å². The molecule has 0 bridgehead atoms. The summed E-state index contributed by atoms with van der Waals surface area (Å²) in [5.74, 6) is -0.287. The first-order chi connectivity index (χ1) is 13.3. The molecule has 1 amide bonds. The fourth-order valence-corrected chi connectivity index (χ4v) is 4.57. The van der Waals surface area contributed by atoms with Gasteiger partial charge in [0.15, 0.2) is 0 Å². The number of para-hydroxylation sites is 1. The van der Waals surface area contributed by atoms with Crippen molar-refractivity contribution in [3.8, 4) is 0 Å². The molecule has 0 saturated heterocycles. The summed E-state index contributed by atoms with van der Waals surface area (Å²) in [7, 11) is -1.63. The number of sulfonamides is 1. The Morgan fingerprint density at radius 1 is 1.04 bits per heavy atom. The summed E-state index contributed by atoms with van der Waals surface area (Å²) in [5.41, 5.74) is 1.40. The van der Waals surface area contributed by atoms with E-state index in [1.807, 2.05) is 44.3 Å². The van der Waals surface area contributed by atoms with Crippen LogP contribution in [-0.4, -0.2) is 51.4 Å². The Balaban J connectivity index is 2.08. The molecule has 0 unspecified atom stereocenters. The van der Waals surface area contributed by atoms with Gasteiger partial charge in [-0.05, 0) is 37.3 Å². The van der Waals surface area contributed by atoms with E-state index in [0.717, 1.165) is 5.69 Å². The third-order valence-corrected chi connectivity index (χ3v) is 6.61.